The lowest BCUT2D eigenvalue weighted by Crippen LogP contribution is -2.56. The van der Waals surface area contributed by atoms with E-state index < -0.39 is 17.8 Å². The fraction of sp³-hybridized carbons (Fsp3) is 0.800. The maximum atomic E-state index is 12.7. The largest absolute Gasteiger partial charge is 0.419 e. The number of aliphatic hydroxyl groups is 1. The first-order valence-corrected chi connectivity index (χ1v) is 4.76. The van der Waals surface area contributed by atoms with Gasteiger partial charge in [0.15, 0.2) is 5.60 Å². The molecule has 1 fully saturated rings. The van der Waals surface area contributed by atoms with E-state index in [0.29, 0.717) is 0 Å². The van der Waals surface area contributed by atoms with Crippen LogP contribution >= 0.6 is 0 Å². The van der Waals surface area contributed by atoms with Gasteiger partial charge in [-0.3, -0.25) is 0 Å². The highest BCUT2D eigenvalue weighted by Gasteiger charge is 2.63. The average Bonchev–Trinajstić information content (AvgIpc) is 2.42. The fourth-order valence-corrected chi connectivity index (χ4v) is 2.20. The number of hydrogen-bond donors (Lipinski definition) is 1. The number of hydrogen-bond acceptors (Lipinski definition) is 2. The molecule has 0 aliphatic carbocycles. The Morgan fingerprint density at radius 3 is 2.40 bits per heavy atom. The quantitative estimate of drug-likeness (QED) is 0.680. The van der Waals surface area contributed by atoms with Gasteiger partial charge in [-0.25, -0.2) is 0 Å². The Kier molecular flexibility index (Phi) is 2.92. The van der Waals surface area contributed by atoms with E-state index in [2.05, 4.69) is 6.04 Å². The molecular formula is C10H14F3NO. The Morgan fingerprint density at radius 1 is 1.53 bits per heavy atom. The molecule has 1 heterocycles. The lowest BCUT2D eigenvalue weighted by molar-refractivity contribution is -0.269. The van der Waals surface area contributed by atoms with Crippen molar-refractivity contribution >= 4 is 0 Å². The molecule has 2 atom stereocenters. The maximum Gasteiger partial charge on any atom is 0.419 e. The van der Waals surface area contributed by atoms with Crippen molar-refractivity contribution in [3.63, 3.8) is 0 Å². The third-order valence-corrected chi connectivity index (χ3v) is 2.85. The van der Waals surface area contributed by atoms with Crippen molar-refractivity contribution in [3.8, 4) is 12.5 Å². The van der Waals surface area contributed by atoms with Crippen LogP contribution in [0.2, 0.25) is 0 Å². The predicted molar refractivity (Wildman–Crippen MR) is 49.8 cm³/mol. The maximum absolute atomic E-state index is 12.7. The van der Waals surface area contributed by atoms with Crippen LogP contribution in [0.4, 0.5) is 13.2 Å². The highest BCUT2D eigenvalue weighted by atomic mass is 19.4. The molecule has 0 radical (unpaired) electrons. The summed E-state index contributed by atoms with van der Waals surface area (Å²) in [6.07, 6.45) is 0.135. The van der Waals surface area contributed by atoms with Crippen LogP contribution in [0.1, 0.15) is 20.3 Å². The summed E-state index contributed by atoms with van der Waals surface area (Å²) in [6, 6.07) is 1.14. The molecule has 0 saturated carbocycles. The molecule has 0 aromatic heterocycles. The molecular weight excluding hydrogens is 207 g/mol. The van der Waals surface area contributed by atoms with Gasteiger partial charge in [0.25, 0.3) is 0 Å². The van der Waals surface area contributed by atoms with Gasteiger partial charge in [0.05, 0.1) is 6.04 Å². The number of nitrogens with zero attached hydrogens (tertiary/aromatic N) is 1. The first-order chi connectivity index (χ1) is 6.74. The number of rotatable bonds is 1. The molecule has 1 saturated heterocycles. The molecule has 0 aromatic rings. The first-order valence-electron chi connectivity index (χ1n) is 4.76. The van der Waals surface area contributed by atoms with Crippen molar-refractivity contribution in [1.29, 1.82) is 0 Å². The second-order valence-electron chi connectivity index (χ2n) is 4.18. The minimum absolute atomic E-state index is 0.0787. The van der Waals surface area contributed by atoms with Crippen LogP contribution in [0.15, 0.2) is 0 Å². The summed E-state index contributed by atoms with van der Waals surface area (Å²) in [6.45, 7) is 3.32. The Bertz CT molecular complexity index is 281. The van der Waals surface area contributed by atoms with Gasteiger partial charge >= 0.3 is 6.18 Å². The van der Waals surface area contributed by atoms with Gasteiger partial charge < -0.3 is 10.0 Å². The number of likely N-dealkylation sites (tertiary alicyclic amines) is 1. The minimum atomic E-state index is -4.63. The van der Waals surface area contributed by atoms with Gasteiger partial charge in [-0.1, -0.05) is 20.3 Å². The normalized spacial score (nSPS) is 32.1. The van der Waals surface area contributed by atoms with E-state index in [9.17, 15) is 18.3 Å². The fourth-order valence-electron chi connectivity index (χ4n) is 2.20. The number of halogens is 3. The molecule has 0 bridgehead atoms. The zero-order valence-electron chi connectivity index (χ0n) is 8.67. The lowest BCUT2D eigenvalue weighted by atomic mass is 9.86. The highest BCUT2D eigenvalue weighted by molar-refractivity contribution is 5.10. The van der Waals surface area contributed by atoms with Gasteiger partial charge in [0.2, 0.25) is 0 Å². The van der Waals surface area contributed by atoms with Gasteiger partial charge in [0.1, 0.15) is 0 Å². The van der Waals surface area contributed by atoms with Crippen LogP contribution in [-0.2, 0) is 0 Å². The molecule has 86 valence electrons. The summed E-state index contributed by atoms with van der Waals surface area (Å²) in [7, 11) is 0. The first kappa shape index (κ1) is 12.2. The summed E-state index contributed by atoms with van der Waals surface area (Å²) < 4.78 is 38.2. The molecule has 1 aliphatic heterocycles. The molecule has 2 nitrogen and oxygen atoms in total. The molecule has 2 unspecified atom stereocenters. The summed E-state index contributed by atoms with van der Waals surface area (Å²) in [4.78, 5) is 1.23. The van der Waals surface area contributed by atoms with E-state index in [0.717, 1.165) is 0 Å². The Balaban J connectivity index is 3.07. The average molecular weight is 221 g/mol. The Labute approximate surface area is 87.1 Å². The Hall–Kier alpha value is -0.890. The van der Waals surface area contributed by atoms with Crippen molar-refractivity contribution in [3.05, 3.63) is 0 Å². The Morgan fingerprint density at radius 2 is 2.07 bits per heavy atom. The predicted octanol–water partition coefficient (Wildman–Crippen LogP) is 1.60. The molecule has 15 heavy (non-hydrogen) atoms. The lowest BCUT2D eigenvalue weighted by Gasteiger charge is -2.36. The molecule has 1 N–H and O–H groups in total. The van der Waals surface area contributed by atoms with E-state index in [1.165, 1.54) is 4.90 Å². The standard InChI is InChI=1S/C10H14F3NO/c1-4-14-6-5-9(15,10(11,12)13)8(14)7(2)3/h1,7-8,15H,5-6H2,2-3H3. The van der Waals surface area contributed by atoms with Crippen LogP contribution in [0.25, 0.3) is 0 Å². The second kappa shape index (κ2) is 3.60. The summed E-state index contributed by atoms with van der Waals surface area (Å²) in [5, 5.41) is 9.70. The van der Waals surface area contributed by atoms with E-state index in [1.54, 1.807) is 13.8 Å². The zero-order chi connectivity index (χ0) is 11.9. The van der Waals surface area contributed by atoms with Gasteiger partial charge in [-0.05, 0) is 5.92 Å². The molecule has 5 heteroatoms. The van der Waals surface area contributed by atoms with E-state index in [-0.39, 0.29) is 18.9 Å². The molecule has 0 spiro atoms. The zero-order valence-corrected chi connectivity index (χ0v) is 8.67. The van der Waals surface area contributed by atoms with Crippen LogP contribution in [0.3, 0.4) is 0 Å². The highest BCUT2D eigenvalue weighted by Crippen LogP contribution is 2.44. The SMILES string of the molecule is C#CN1CCC(O)(C(F)(F)F)C1C(C)C. The van der Waals surface area contributed by atoms with Gasteiger partial charge in [-0.15, -0.1) is 0 Å². The summed E-state index contributed by atoms with van der Waals surface area (Å²) >= 11 is 0. The summed E-state index contributed by atoms with van der Waals surface area (Å²) in [5.74, 6) is -0.352. The smallest absolute Gasteiger partial charge is 0.379 e. The van der Waals surface area contributed by atoms with Crippen molar-refractivity contribution in [2.75, 3.05) is 6.54 Å². The van der Waals surface area contributed by atoms with Crippen molar-refractivity contribution in [2.45, 2.75) is 38.1 Å². The third-order valence-electron chi connectivity index (χ3n) is 2.85. The second-order valence-corrected chi connectivity index (χ2v) is 4.18. The van der Waals surface area contributed by atoms with Crippen molar-refractivity contribution < 1.29 is 18.3 Å². The molecule has 0 amide bonds. The van der Waals surface area contributed by atoms with Crippen LogP contribution in [0.5, 0.6) is 0 Å². The van der Waals surface area contributed by atoms with Crippen LogP contribution in [-0.4, -0.2) is 34.4 Å². The monoisotopic (exact) mass is 221 g/mol. The van der Waals surface area contributed by atoms with Crippen LogP contribution < -0.4 is 0 Å². The van der Waals surface area contributed by atoms with E-state index in [4.69, 9.17) is 6.42 Å². The van der Waals surface area contributed by atoms with E-state index in [1.807, 2.05) is 0 Å². The number of alkyl halides is 3. The van der Waals surface area contributed by atoms with Crippen LogP contribution in [0, 0.1) is 18.4 Å². The summed E-state index contributed by atoms with van der Waals surface area (Å²) in [5.41, 5.74) is -2.67. The van der Waals surface area contributed by atoms with Crippen molar-refractivity contribution in [2.24, 2.45) is 5.92 Å². The molecule has 1 aliphatic rings. The van der Waals surface area contributed by atoms with Gasteiger partial charge in [-0.2, -0.15) is 13.2 Å². The third kappa shape index (κ3) is 1.78. The van der Waals surface area contributed by atoms with E-state index >= 15 is 0 Å². The molecule has 0 aromatic carbocycles. The topological polar surface area (TPSA) is 23.5 Å². The van der Waals surface area contributed by atoms with Gasteiger partial charge in [0, 0.05) is 19.0 Å². The molecule has 1 rings (SSSR count). The number of terminal acetylenes is 1. The van der Waals surface area contributed by atoms with Crippen molar-refractivity contribution in [1.82, 2.24) is 4.90 Å². The minimum Gasteiger partial charge on any atom is -0.379 e.